The summed E-state index contributed by atoms with van der Waals surface area (Å²) >= 11 is 6.25. The number of benzene rings is 1. The largest absolute Gasteiger partial charge is 0.454 e. The van der Waals surface area contributed by atoms with Crippen molar-refractivity contribution in [2.24, 2.45) is 0 Å². The zero-order valence-corrected chi connectivity index (χ0v) is 11.9. The second-order valence-corrected chi connectivity index (χ2v) is 5.20. The predicted molar refractivity (Wildman–Crippen MR) is 75.9 cm³/mol. The monoisotopic (exact) mass is 308 g/mol. The highest BCUT2D eigenvalue weighted by atomic mass is 35.5. The molecule has 7 nitrogen and oxygen atoms in total. The average Bonchev–Trinajstić information content (AvgIpc) is 3.17. The first-order valence-corrected chi connectivity index (χ1v) is 7.08. The van der Waals surface area contributed by atoms with E-state index in [0.29, 0.717) is 33.9 Å². The average molecular weight is 309 g/mol. The van der Waals surface area contributed by atoms with Crippen LogP contribution in [0.5, 0.6) is 11.5 Å². The molecule has 4 rings (SSSR count). The van der Waals surface area contributed by atoms with Gasteiger partial charge in [-0.2, -0.15) is 4.98 Å². The minimum absolute atomic E-state index is 0.168. The van der Waals surface area contributed by atoms with Gasteiger partial charge in [-0.25, -0.2) is 0 Å². The Hall–Kier alpha value is -1.99. The lowest BCUT2D eigenvalue weighted by Crippen LogP contribution is -2.44. The van der Waals surface area contributed by atoms with Crippen molar-refractivity contribution >= 4 is 17.5 Å². The van der Waals surface area contributed by atoms with E-state index in [9.17, 15) is 0 Å². The van der Waals surface area contributed by atoms with Crippen molar-refractivity contribution in [1.82, 2.24) is 15.5 Å². The lowest BCUT2D eigenvalue weighted by Gasteiger charge is -2.25. The Labute approximate surface area is 125 Å². The second-order valence-electron chi connectivity index (χ2n) is 4.79. The fourth-order valence-electron chi connectivity index (χ4n) is 2.46. The van der Waals surface area contributed by atoms with Gasteiger partial charge in [0.25, 0.3) is 11.8 Å². The highest BCUT2D eigenvalue weighted by Crippen LogP contribution is 2.45. The van der Waals surface area contributed by atoms with Crippen LogP contribution in [0.3, 0.4) is 0 Å². The molecule has 1 saturated heterocycles. The Morgan fingerprint density at radius 2 is 2.05 bits per heavy atom. The summed E-state index contributed by atoms with van der Waals surface area (Å²) in [6.45, 7) is 3.67. The Kier molecular flexibility index (Phi) is 3.08. The summed E-state index contributed by atoms with van der Waals surface area (Å²) in [6, 6.07) is 3.50. The van der Waals surface area contributed by atoms with Gasteiger partial charge in [0, 0.05) is 26.2 Å². The number of hydrogen-bond acceptors (Lipinski definition) is 7. The zero-order chi connectivity index (χ0) is 14.2. The molecule has 0 spiro atoms. The number of nitrogens with zero attached hydrogens (tertiary/aromatic N) is 3. The van der Waals surface area contributed by atoms with E-state index in [1.807, 2.05) is 0 Å². The highest BCUT2D eigenvalue weighted by molar-refractivity contribution is 6.33. The molecule has 1 N–H and O–H groups in total. The van der Waals surface area contributed by atoms with Gasteiger partial charge in [0.15, 0.2) is 11.5 Å². The Balaban J connectivity index is 1.71. The maximum Gasteiger partial charge on any atom is 0.266 e. The van der Waals surface area contributed by atoms with E-state index in [4.69, 9.17) is 25.6 Å². The minimum Gasteiger partial charge on any atom is -0.454 e. The number of halogens is 1. The van der Waals surface area contributed by atoms with Crippen LogP contribution in [-0.4, -0.2) is 43.1 Å². The molecule has 110 valence electrons. The van der Waals surface area contributed by atoms with Gasteiger partial charge in [-0.15, -0.1) is 0 Å². The summed E-state index contributed by atoms with van der Waals surface area (Å²) in [7, 11) is 0. The molecule has 1 fully saturated rings. The Morgan fingerprint density at radius 3 is 2.90 bits per heavy atom. The maximum atomic E-state index is 6.25. The highest BCUT2D eigenvalue weighted by Gasteiger charge is 2.26. The van der Waals surface area contributed by atoms with Crippen molar-refractivity contribution in [3.8, 4) is 23.0 Å². The first kappa shape index (κ1) is 12.7. The van der Waals surface area contributed by atoms with Crippen LogP contribution in [-0.2, 0) is 0 Å². The number of anilines is 1. The summed E-state index contributed by atoms with van der Waals surface area (Å²) < 4.78 is 16.2. The molecule has 2 aromatic rings. The van der Waals surface area contributed by atoms with Gasteiger partial charge in [-0.1, -0.05) is 11.6 Å². The van der Waals surface area contributed by atoms with Crippen molar-refractivity contribution in [2.75, 3.05) is 37.9 Å². The van der Waals surface area contributed by atoms with Gasteiger partial charge in [-0.3, -0.25) is 0 Å². The number of hydrogen-bond donors (Lipinski definition) is 1. The molecule has 21 heavy (non-hydrogen) atoms. The molecule has 1 aromatic heterocycles. The van der Waals surface area contributed by atoms with E-state index in [2.05, 4.69) is 20.4 Å². The molecular formula is C13H13ClN4O3. The number of ether oxygens (including phenoxy) is 2. The quantitative estimate of drug-likeness (QED) is 0.902. The van der Waals surface area contributed by atoms with Crippen molar-refractivity contribution in [3.05, 3.63) is 17.2 Å². The normalized spacial score (nSPS) is 17.3. The molecular weight excluding hydrogens is 296 g/mol. The Morgan fingerprint density at radius 1 is 1.19 bits per heavy atom. The predicted octanol–water partition coefficient (Wildman–Crippen LogP) is 1.53. The summed E-state index contributed by atoms with van der Waals surface area (Å²) in [5.41, 5.74) is 0.584. The van der Waals surface area contributed by atoms with Crippen molar-refractivity contribution in [1.29, 1.82) is 0 Å². The molecule has 2 aliphatic heterocycles. The van der Waals surface area contributed by atoms with Crippen LogP contribution in [0.4, 0.5) is 5.95 Å². The van der Waals surface area contributed by atoms with Crippen molar-refractivity contribution < 1.29 is 14.0 Å². The van der Waals surface area contributed by atoms with Crippen molar-refractivity contribution in [3.63, 3.8) is 0 Å². The maximum absolute atomic E-state index is 6.25. The van der Waals surface area contributed by atoms with Crippen LogP contribution < -0.4 is 19.7 Å². The standard InChI is InChI=1S/C13H13ClN4O3/c14-8-1-2-9-11(20-7-19-9)10(8)12-16-13(17-21-12)18-5-3-15-4-6-18/h1-2,15H,3-7H2. The van der Waals surface area contributed by atoms with Crippen LogP contribution in [0.1, 0.15) is 0 Å². The molecule has 2 aliphatic rings. The Bertz CT molecular complexity index is 669. The third-order valence-electron chi connectivity index (χ3n) is 3.52. The van der Waals surface area contributed by atoms with E-state index in [1.165, 1.54) is 0 Å². The number of aromatic nitrogens is 2. The molecule has 0 radical (unpaired) electrons. The van der Waals surface area contributed by atoms with Crippen LogP contribution in [0.2, 0.25) is 5.02 Å². The van der Waals surface area contributed by atoms with Gasteiger partial charge >= 0.3 is 0 Å². The van der Waals surface area contributed by atoms with E-state index < -0.39 is 0 Å². The van der Waals surface area contributed by atoms with Crippen molar-refractivity contribution in [2.45, 2.75) is 0 Å². The lowest BCUT2D eigenvalue weighted by atomic mass is 10.2. The molecule has 0 atom stereocenters. The van der Waals surface area contributed by atoms with E-state index in [1.54, 1.807) is 12.1 Å². The molecule has 1 aromatic carbocycles. The molecule has 0 saturated carbocycles. The number of nitrogens with one attached hydrogen (secondary N) is 1. The van der Waals surface area contributed by atoms with E-state index >= 15 is 0 Å². The SMILES string of the molecule is Clc1ccc2c(c1-c1nc(N3CCNCC3)no1)OCO2. The molecule has 0 amide bonds. The first-order chi connectivity index (χ1) is 10.3. The summed E-state index contributed by atoms with van der Waals surface area (Å²) in [6.07, 6.45) is 0. The third kappa shape index (κ3) is 2.18. The van der Waals surface area contributed by atoms with Crippen LogP contribution in [0.15, 0.2) is 16.7 Å². The summed E-state index contributed by atoms with van der Waals surface area (Å²) in [5.74, 6) is 2.10. The van der Waals surface area contributed by atoms with Crippen LogP contribution in [0.25, 0.3) is 11.5 Å². The topological polar surface area (TPSA) is 72.7 Å². The fraction of sp³-hybridized carbons (Fsp3) is 0.385. The van der Waals surface area contributed by atoms with Gasteiger partial charge in [0.05, 0.1) is 5.02 Å². The lowest BCUT2D eigenvalue weighted by molar-refractivity contribution is 0.174. The second kappa shape index (κ2) is 5.09. The van der Waals surface area contributed by atoms with Crippen LogP contribution >= 0.6 is 11.6 Å². The van der Waals surface area contributed by atoms with E-state index in [0.717, 1.165) is 26.2 Å². The number of piperazine rings is 1. The summed E-state index contributed by atoms with van der Waals surface area (Å²) in [5, 5.41) is 7.82. The van der Waals surface area contributed by atoms with Gasteiger partial charge in [0.1, 0.15) is 5.56 Å². The third-order valence-corrected chi connectivity index (χ3v) is 3.83. The fourth-order valence-corrected chi connectivity index (χ4v) is 2.69. The molecule has 3 heterocycles. The van der Waals surface area contributed by atoms with Gasteiger partial charge < -0.3 is 24.2 Å². The number of fused-ring (bicyclic) bond motifs is 1. The molecule has 8 heteroatoms. The zero-order valence-electron chi connectivity index (χ0n) is 11.1. The van der Waals surface area contributed by atoms with Gasteiger partial charge in [0.2, 0.25) is 6.79 Å². The van der Waals surface area contributed by atoms with Gasteiger partial charge in [-0.05, 0) is 17.3 Å². The van der Waals surface area contributed by atoms with E-state index in [-0.39, 0.29) is 6.79 Å². The molecule has 0 unspecified atom stereocenters. The van der Waals surface area contributed by atoms with Crippen LogP contribution in [0, 0.1) is 0 Å². The number of rotatable bonds is 2. The first-order valence-electron chi connectivity index (χ1n) is 6.71. The molecule has 0 aliphatic carbocycles. The smallest absolute Gasteiger partial charge is 0.266 e. The molecule has 0 bridgehead atoms. The summed E-state index contributed by atoms with van der Waals surface area (Å²) in [4.78, 5) is 6.51. The minimum atomic E-state index is 0.168.